The summed E-state index contributed by atoms with van der Waals surface area (Å²) in [6, 6.07) is 13.8. The largest absolute Gasteiger partial charge is 0.490 e. The summed E-state index contributed by atoms with van der Waals surface area (Å²) in [6.07, 6.45) is 1.66. The predicted molar refractivity (Wildman–Crippen MR) is 98.6 cm³/mol. The predicted octanol–water partition coefficient (Wildman–Crippen LogP) is 3.53. The number of carbonyl (C=O) groups is 1. The van der Waals surface area contributed by atoms with Crippen molar-refractivity contribution in [2.75, 3.05) is 13.7 Å². The molecule has 0 N–H and O–H groups in total. The second kappa shape index (κ2) is 6.19. The van der Waals surface area contributed by atoms with E-state index in [0.717, 1.165) is 5.56 Å². The Labute approximate surface area is 150 Å². The minimum Gasteiger partial charge on any atom is -0.490 e. The van der Waals surface area contributed by atoms with Gasteiger partial charge in [0.1, 0.15) is 17.9 Å². The van der Waals surface area contributed by atoms with Crippen LogP contribution in [0, 0.1) is 0 Å². The Morgan fingerprint density at radius 2 is 2.00 bits per heavy atom. The van der Waals surface area contributed by atoms with E-state index in [4.69, 9.17) is 9.15 Å². The van der Waals surface area contributed by atoms with Crippen LogP contribution in [0.5, 0.6) is 5.75 Å². The molecule has 130 valence electrons. The molecule has 0 saturated heterocycles. The van der Waals surface area contributed by atoms with Gasteiger partial charge in [-0.1, -0.05) is 36.9 Å². The average Bonchev–Trinajstić information content (AvgIpc) is 2.92. The zero-order valence-electron chi connectivity index (χ0n) is 14.3. The maximum absolute atomic E-state index is 13.1. The van der Waals surface area contributed by atoms with Crippen molar-refractivity contribution in [2.45, 2.75) is 6.04 Å². The lowest BCUT2D eigenvalue weighted by molar-refractivity contribution is 0.0771. The lowest BCUT2D eigenvalue weighted by atomic mass is 9.98. The number of hydrogen-bond donors (Lipinski definition) is 0. The van der Waals surface area contributed by atoms with Gasteiger partial charge in [-0.25, -0.2) is 0 Å². The number of hydrogen-bond acceptors (Lipinski definition) is 4. The minimum atomic E-state index is -0.509. The van der Waals surface area contributed by atoms with E-state index < -0.39 is 6.04 Å². The molecule has 2 aromatic carbocycles. The van der Waals surface area contributed by atoms with Crippen molar-refractivity contribution in [3.63, 3.8) is 0 Å². The van der Waals surface area contributed by atoms with Crippen molar-refractivity contribution in [2.24, 2.45) is 0 Å². The zero-order chi connectivity index (χ0) is 18.3. The molecule has 2 heterocycles. The first-order chi connectivity index (χ1) is 12.6. The van der Waals surface area contributed by atoms with Crippen molar-refractivity contribution in [1.82, 2.24) is 4.90 Å². The first-order valence-electron chi connectivity index (χ1n) is 8.28. The molecular weight excluding hydrogens is 330 g/mol. The van der Waals surface area contributed by atoms with Crippen LogP contribution in [-0.2, 0) is 0 Å². The van der Waals surface area contributed by atoms with Crippen molar-refractivity contribution < 1.29 is 13.9 Å². The van der Waals surface area contributed by atoms with E-state index in [-0.39, 0.29) is 17.1 Å². The van der Waals surface area contributed by atoms with Crippen LogP contribution in [-0.4, -0.2) is 24.5 Å². The van der Waals surface area contributed by atoms with Crippen molar-refractivity contribution in [3.8, 4) is 5.75 Å². The highest BCUT2D eigenvalue weighted by Gasteiger charge is 2.40. The van der Waals surface area contributed by atoms with Gasteiger partial charge in [0.15, 0.2) is 5.43 Å². The maximum Gasteiger partial charge on any atom is 0.290 e. The van der Waals surface area contributed by atoms with Crippen LogP contribution in [0.4, 0.5) is 0 Å². The van der Waals surface area contributed by atoms with Gasteiger partial charge < -0.3 is 14.1 Å². The van der Waals surface area contributed by atoms with E-state index >= 15 is 0 Å². The highest BCUT2D eigenvalue weighted by molar-refractivity contribution is 5.98. The third kappa shape index (κ3) is 2.40. The Morgan fingerprint density at radius 3 is 2.81 bits per heavy atom. The van der Waals surface area contributed by atoms with Gasteiger partial charge in [-0.2, -0.15) is 0 Å². The number of rotatable bonds is 4. The molecule has 0 bridgehead atoms. The van der Waals surface area contributed by atoms with Crippen molar-refractivity contribution in [3.05, 3.63) is 88.3 Å². The second-order valence-electron chi connectivity index (χ2n) is 6.16. The Bertz CT molecular complexity index is 1080. The van der Waals surface area contributed by atoms with Gasteiger partial charge in [0.2, 0.25) is 5.76 Å². The van der Waals surface area contributed by atoms with Crippen LogP contribution in [0.15, 0.2) is 70.4 Å². The molecule has 0 spiro atoms. The van der Waals surface area contributed by atoms with Crippen molar-refractivity contribution in [1.29, 1.82) is 0 Å². The van der Waals surface area contributed by atoms with Crippen LogP contribution in [0.25, 0.3) is 11.0 Å². The van der Waals surface area contributed by atoms with E-state index in [1.807, 2.05) is 24.3 Å². The van der Waals surface area contributed by atoms with Gasteiger partial charge in [0.25, 0.3) is 5.91 Å². The second-order valence-corrected chi connectivity index (χ2v) is 6.16. The third-order valence-corrected chi connectivity index (χ3v) is 4.55. The molecule has 5 nitrogen and oxygen atoms in total. The van der Waals surface area contributed by atoms with Crippen LogP contribution in [0.2, 0.25) is 0 Å². The molecule has 0 saturated carbocycles. The van der Waals surface area contributed by atoms with Gasteiger partial charge in [-0.05, 0) is 29.8 Å². The lowest BCUT2D eigenvalue weighted by Crippen LogP contribution is -2.25. The topological polar surface area (TPSA) is 59.8 Å². The van der Waals surface area contributed by atoms with Crippen LogP contribution in [0.3, 0.4) is 0 Å². The van der Waals surface area contributed by atoms with Gasteiger partial charge >= 0.3 is 0 Å². The average molecular weight is 347 g/mol. The number of carbonyl (C=O) groups excluding carboxylic acids is 1. The Hall–Kier alpha value is -3.34. The highest BCUT2D eigenvalue weighted by Crippen LogP contribution is 2.37. The molecule has 0 unspecified atom stereocenters. The van der Waals surface area contributed by atoms with Gasteiger partial charge in [0.05, 0.1) is 17.0 Å². The van der Waals surface area contributed by atoms with Gasteiger partial charge in [-0.15, -0.1) is 0 Å². The third-order valence-electron chi connectivity index (χ3n) is 4.55. The number of nitrogens with zero attached hydrogens (tertiary/aromatic N) is 1. The smallest absolute Gasteiger partial charge is 0.290 e. The quantitative estimate of drug-likeness (QED) is 0.678. The Balaban J connectivity index is 1.90. The molecule has 4 rings (SSSR count). The Morgan fingerprint density at radius 1 is 1.19 bits per heavy atom. The van der Waals surface area contributed by atoms with Gasteiger partial charge in [-0.3, -0.25) is 9.59 Å². The maximum atomic E-state index is 13.1. The zero-order valence-corrected chi connectivity index (χ0v) is 14.3. The number of ether oxygens (including phenoxy) is 1. The molecule has 0 aliphatic carbocycles. The fourth-order valence-corrected chi connectivity index (χ4v) is 3.35. The molecule has 1 aliphatic rings. The number of amides is 1. The molecule has 3 aromatic rings. The summed E-state index contributed by atoms with van der Waals surface area (Å²) in [5.41, 5.74) is 1.41. The van der Waals surface area contributed by atoms with E-state index in [2.05, 4.69) is 6.58 Å². The summed E-state index contributed by atoms with van der Waals surface area (Å²) < 4.78 is 11.4. The molecule has 0 fully saturated rings. The normalized spacial score (nSPS) is 16.0. The molecule has 0 radical (unpaired) electrons. The van der Waals surface area contributed by atoms with E-state index in [1.165, 1.54) is 4.90 Å². The number of para-hydroxylation sites is 1. The van der Waals surface area contributed by atoms with E-state index in [1.54, 1.807) is 37.4 Å². The minimum absolute atomic E-state index is 0.110. The lowest BCUT2D eigenvalue weighted by Gasteiger charge is -2.20. The highest BCUT2D eigenvalue weighted by atomic mass is 16.5. The fourth-order valence-electron chi connectivity index (χ4n) is 3.35. The van der Waals surface area contributed by atoms with E-state index in [0.29, 0.717) is 28.9 Å². The van der Waals surface area contributed by atoms with Crippen LogP contribution >= 0.6 is 0 Å². The molecule has 1 aromatic heterocycles. The summed E-state index contributed by atoms with van der Waals surface area (Å²) in [6.45, 7) is 4.02. The molecule has 26 heavy (non-hydrogen) atoms. The number of fused-ring (bicyclic) bond motifs is 2. The molecular formula is C21H17NO4. The monoisotopic (exact) mass is 347 g/mol. The molecule has 5 heteroatoms. The molecule has 1 aliphatic heterocycles. The van der Waals surface area contributed by atoms with Gasteiger partial charge in [0, 0.05) is 7.05 Å². The SMILES string of the molecule is C=CCOc1cccc([C@@H]2c3c(oc4ccccc4c3=O)C(=O)N2C)c1. The Kier molecular flexibility index (Phi) is 3.84. The molecule has 1 amide bonds. The van der Waals surface area contributed by atoms with Crippen molar-refractivity contribution >= 4 is 16.9 Å². The van der Waals surface area contributed by atoms with Crippen LogP contribution in [0.1, 0.15) is 27.7 Å². The van der Waals surface area contributed by atoms with E-state index in [9.17, 15) is 9.59 Å². The van der Waals surface area contributed by atoms with Crippen LogP contribution < -0.4 is 10.2 Å². The summed E-state index contributed by atoms with van der Waals surface area (Å²) in [7, 11) is 1.67. The first kappa shape index (κ1) is 16.1. The summed E-state index contributed by atoms with van der Waals surface area (Å²) in [4.78, 5) is 27.3. The summed E-state index contributed by atoms with van der Waals surface area (Å²) >= 11 is 0. The number of benzene rings is 2. The fraction of sp³-hybridized carbons (Fsp3) is 0.143. The summed E-state index contributed by atoms with van der Waals surface area (Å²) in [5, 5.41) is 0.471. The summed E-state index contributed by atoms with van der Waals surface area (Å²) in [5.74, 6) is 0.464. The standard InChI is InChI=1S/C21H17NO4/c1-3-11-25-14-8-6-7-13(12-14)18-17-19(23)15-9-4-5-10-16(15)26-20(17)21(24)22(18)2/h3-10,12,18H,1,11H2,2H3/t18-/m1/s1. The first-order valence-corrected chi connectivity index (χ1v) is 8.28. The molecule has 1 atom stereocenters.